The summed E-state index contributed by atoms with van der Waals surface area (Å²) in [6.07, 6.45) is -4.54. The molecule has 1 aromatic heterocycles. The molecule has 150 valence electrons. The Balaban J connectivity index is 1.75. The predicted molar refractivity (Wildman–Crippen MR) is 101 cm³/mol. The number of nitrogens with zero attached hydrogens (tertiary/aromatic N) is 5. The number of alkyl halides is 3. The molecule has 2 N–H and O–H groups in total. The summed E-state index contributed by atoms with van der Waals surface area (Å²) in [5.41, 5.74) is 5.64. The van der Waals surface area contributed by atoms with Crippen LogP contribution in [0.5, 0.6) is 0 Å². The van der Waals surface area contributed by atoms with Gasteiger partial charge in [0.25, 0.3) is 0 Å². The molecule has 0 radical (unpaired) electrons. The third-order valence-electron chi connectivity index (χ3n) is 4.53. The van der Waals surface area contributed by atoms with E-state index in [0.29, 0.717) is 31.7 Å². The van der Waals surface area contributed by atoms with Gasteiger partial charge in [0, 0.05) is 57.6 Å². The molecule has 1 aromatic carbocycles. The Kier molecular flexibility index (Phi) is 5.30. The Morgan fingerprint density at radius 2 is 1.61 bits per heavy atom. The number of carbonyl (C=O) groups is 1. The number of primary amides is 1. The van der Waals surface area contributed by atoms with Gasteiger partial charge in [0.1, 0.15) is 5.82 Å². The number of amides is 1. The maximum Gasteiger partial charge on any atom is 0.433 e. The number of anilines is 3. The third-order valence-corrected chi connectivity index (χ3v) is 4.53. The number of halogens is 3. The normalized spacial score (nSPS) is 14.9. The van der Waals surface area contributed by atoms with Gasteiger partial charge in [0.05, 0.1) is 0 Å². The zero-order chi connectivity index (χ0) is 20.5. The van der Waals surface area contributed by atoms with E-state index in [0.717, 1.165) is 11.8 Å². The average molecular weight is 394 g/mol. The number of carbonyl (C=O) groups excluding carboxylic acids is 1. The number of aromatic nitrogens is 2. The topological polar surface area (TPSA) is 78.6 Å². The Morgan fingerprint density at radius 3 is 2.11 bits per heavy atom. The van der Waals surface area contributed by atoms with Crippen molar-refractivity contribution in [3.8, 4) is 0 Å². The van der Waals surface area contributed by atoms with Crippen molar-refractivity contribution >= 4 is 23.4 Å². The van der Waals surface area contributed by atoms with E-state index in [-0.39, 0.29) is 11.8 Å². The zero-order valence-corrected chi connectivity index (χ0v) is 15.6. The molecule has 7 nitrogen and oxygen atoms in total. The highest BCUT2D eigenvalue weighted by Gasteiger charge is 2.34. The Hall–Kier alpha value is -3.04. The molecule has 28 heavy (non-hydrogen) atoms. The Labute approximate surface area is 160 Å². The molecule has 10 heteroatoms. The van der Waals surface area contributed by atoms with Gasteiger partial charge in [-0.15, -0.1) is 0 Å². The fourth-order valence-electron chi connectivity index (χ4n) is 2.94. The summed E-state index contributed by atoms with van der Waals surface area (Å²) in [6, 6.07) is 7.87. The molecule has 0 spiro atoms. The SMILES string of the molecule is CN(C)c1cc(C(F)(F)F)nc(N2CCN(c3ccc(C(N)=O)cc3)CC2)n1. The van der Waals surface area contributed by atoms with Crippen molar-refractivity contribution < 1.29 is 18.0 Å². The summed E-state index contributed by atoms with van der Waals surface area (Å²) in [5, 5.41) is 0. The van der Waals surface area contributed by atoms with Crippen LogP contribution in [0.2, 0.25) is 0 Å². The molecule has 1 fully saturated rings. The van der Waals surface area contributed by atoms with E-state index in [2.05, 4.69) is 14.9 Å². The van der Waals surface area contributed by atoms with Crippen LogP contribution in [0.3, 0.4) is 0 Å². The van der Waals surface area contributed by atoms with Crippen LogP contribution in [0.15, 0.2) is 30.3 Å². The fourth-order valence-corrected chi connectivity index (χ4v) is 2.94. The van der Waals surface area contributed by atoms with Gasteiger partial charge >= 0.3 is 6.18 Å². The first kappa shape index (κ1) is 19.7. The van der Waals surface area contributed by atoms with E-state index >= 15 is 0 Å². The Morgan fingerprint density at radius 1 is 1.04 bits per heavy atom. The molecule has 1 aliphatic heterocycles. The number of piperazine rings is 1. The average Bonchev–Trinajstić information content (AvgIpc) is 2.67. The second-order valence-corrected chi connectivity index (χ2v) is 6.69. The van der Waals surface area contributed by atoms with Crippen LogP contribution in [0.4, 0.5) is 30.6 Å². The second kappa shape index (κ2) is 7.53. The summed E-state index contributed by atoms with van der Waals surface area (Å²) in [5.74, 6) is -0.209. The standard InChI is InChI=1S/C18H21F3N6O/c1-25(2)15-11-14(18(19,20)21)23-17(24-15)27-9-7-26(8-10-27)13-5-3-12(4-6-13)16(22)28/h3-6,11H,7-10H2,1-2H3,(H2,22,28). The van der Waals surface area contributed by atoms with Crippen LogP contribution in [0.1, 0.15) is 16.1 Å². The van der Waals surface area contributed by atoms with E-state index < -0.39 is 17.8 Å². The maximum atomic E-state index is 13.2. The maximum absolute atomic E-state index is 13.2. The fraction of sp³-hybridized carbons (Fsp3) is 0.389. The van der Waals surface area contributed by atoms with Crippen LogP contribution in [-0.4, -0.2) is 56.1 Å². The lowest BCUT2D eigenvalue weighted by molar-refractivity contribution is -0.141. The number of hydrogen-bond acceptors (Lipinski definition) is 6. The minimum atomic E-state index is -4.54. The van der Waals surface area contributed by atoms with Crippen molar-refractivity contribution in [1.29, 1.82) is 0 Å². The number of benzene rings is 1. The highest BCUT2D eigenvalue weighted by molar-refractivity contribution is 5.93. The van der Waals surface area contributed by atoms with Crippen LogP contribution in [0, 0.1) is 0 Å². The molecule has 1 aliphatic rings. The first-order chi connectivity index (χ1) is 13.1. The molecule has 1 amide bonds. The molecule has 2 aromatic rings. The predicted octanol–water partition coefficient (Wildman–Crippen LogP) is 1.99. The lowest BCUT2D eigenvalue weighted by atomic mass is 10.1. The number of nitrogens with two attached hydrogens (primary N) is 1. The van der Waals surface area contributed by atoms with Crippen molar-refractivity contribution in [2.45, 2.75) is 6.18 Å². The lowest BCUT2D eigenvalue weighted by Crippen LogP contribution is -2.47. The highest BCUT2D eigenvalue weighted by Crippen LogP contribution is 2.31. The summed E-state index contributed by atoms with van der Waals surface area (Å²) in [4.78, 5) is 24.5. The highest BCUT2D eigenvalue weighted by atomic mass is 19.4. The van der Waals surface area contributed by atoms with Crippen LogP contribution in [-0.2, 0) is 6.18 Å². The molecule has 0 bridgehead atoms. The second-order valence-electron chi connectivity index (χ2n) is 6.69. The Bertz CT molecular complexity index is 845. The van der Waals surface area contributed by atoms with Crippen molar-refractivity contribution in [2.75, 3.05) is 55.0 Å². The quantitative estimate of drug-likeness (QED) is 0.855. The van der Waals surface area contributed by atoms with Crippen LogP contribution in [0.25, 0.3) is 0 Å². The molecular formula is C18H21F3N6O. The van der Waals surface area contributed by atoms with E-state index in [1.807, 2.05) is 0 Å². The van der Waals surface area contributed by atoms with Gasteiger partial charge in [0.15, 0.2) is 5.69 Å². The van der Waals surface area contributed by atoms with Gasteiger partial charge in [-0.1, -0.05) is 0 Å². The molecule has 0 unspecified atom stereocenters. The summed E-state index contributed by atoms with van der Waals surface area (Å²) in [6.45, 7) is 2.14. The monoisotopic (exact) mass is 394 g/mol. The molecule has 0 aliphatic carbocycles. The van der Waals surface area contributed by atoms with Gasteiger partial charge < -0.3 is 20.4 Å². The van der Waals surface area contributed by atoms with Crippen molar-refractivity contribution in [1.82, 2.24) is 9.97 Å². The lowest BCUT2D eigenvalue weighted by Gasteiger charge is -2.36. The van der Waals surface area contributed by atoms with E-state index in [9.17, 15) is 18.0 Å². The first-order valence-electron chi connectivity index (χ1n) is 8.68. The van der Waals surface area contributed by atoms with E-state index in [4.69, 9.17) is 5.73 Å². The minimum Gasteiger partial charge on any atom is -0.368 e. The smallest absolute Gasteiger partial charge is 0.368 e. The molecular weight excluding hydrogens is 373 g/mol. The van der Waals surface area contributed by atoms with Gasteiger partial charge in [-0.05, 0) is 24.3 Å². The summed E-state index contributed by atoms with van der Waals surface area (Å²) < 4.78 is 39.5. The minimum absolute atomic E-state index is 0.0715. The van der Waals surface area contributed by atoms with E-state index in [1.54, 1.807) is 43.3 Å². The van der Waals surface area contributed by atoms with E-state index in [1.165, 1.54) is 4.90 Å². The van der Waals surface area contributed by atoms with Gasteiger partial charge in [-0.25, -0.2) is 4.98 Å². The molecule has 0 saturated carbocycles. The van der Waals surface area contributed by atoms with Crippen molar-refractivity contribution in [3.05, 3.63) is 41.6 Å². The first-order valence-corrected chi connectivity index (χ1v) is 8.68. The van der Waals surface area contributed by atoms with Crippen molar-refractivity contribution in [3.63, 3.8) is 0 Å². The summed E-state index contributed by atoms with van der Waals surface area (Å²) in [7, 11) is 3.28. The zero-order valence-electron chi connectivity index (χ0n) is 15.6. The summed E-state index contributed by atoms with van der Waals surface area (Å²) >= 11 is 0. The largest absolute Gasteiger partial charge is 0.433 e. The van der Waals surface area contributed by atoms with Crippen molar-refractivity contribution in [2.24, 2.45) is 5.73 Å². The number of hydrogen-bond donors (Lipinski definition) is 1. The van der Waals surface area contributed by atoms with Gasteiger partial charge in [0.2, 0.25) is 11.9 Å². The van der Waals surface area contributed by atoms with Crippen LogP contribution < -0.4 is 20.4 Å². The van der Waals surface area contributed by atoms with Crippen LogP contribution >= 0.6 is 0 Å². The van der Waals surface area contributed by atoms with Gasteiger partial charge in [-0.2, -0.15) is 18.2 Å². The molecule has 3 rings (SSSR count). The molecule has 1 saturated heterocycles. The third kappa shape index (κ3) is 4.26. The van der Waals surface area contributed by atoms with Gasteiger partial charge in [-0.3, -0.25) is 4.79 Å². The molecule has 0 atom stereocenters. The molecule has 2 heterocycles. The number of rotatable bonds is 4.